The van der Waals surface area contributed by atoms with Crippen LogP contribution in [0.2, 0.25) is 0 Å². The second-order valence-electron chi connectivity index (χ2n) is 4.64. The zero-order valence-corrected chi connectivity index (χ0v) is 11.4. The van der Waals surface area contributed by atoms with Gasteiger partial charge in [0, 0.05) is 25.0 Å². The highest BCUT2D eigenvalue weighted by molar-refractivity contribution is 5.23. The molecule has 0 saturated heterocycles. The molecule has 1 heterocycles. The smallest absolute Gasteiger partial charge is 0.122 e. The van der Waals surface area contributed by atoms with Crippen molar-refractivity contribution in [3.8, 4) is 0 Å². The predicted molar refractivity (Wildman–Crippen MR) is 74.3 cm³/mol. The maximum absolute atomic E-state index is 4.37. The standard InChI is InChI=1S/C15H21N3/c1-4-18-10-9-16-15(18)11-17-13(3)14-7-5-12(2)6-8-14/h5-10,13,17H,4,11H2,1-3H3. The summed E-state index contributed by atoms with van der Waals surface area (Å²) in [4.78, 5) is 4.37. The van der Waals surface area contributed by atoms with E-state index < -0.39 is 0 Å². The molecule has 0 bridgehead atoms. The highest BCUT2D eigenvalue weighted by Gasteiger charge is 2.06. The normalized spacial score (nSPS) is 12.6. The van der Waals surface area contributed by atoms with Gasteiger partial charge >= 0.3 is 0 Å². The van der Waals surface area contributed by atoms with Crippen molar-refractivity contribution in [3.63, 3.8) is 0 Å². The lowest BCUT2D eigenvalue weighted by atomic mass is 10.1. The Morgan fingerprint density at radius 1 is 1.28 bits per heavy atom. The predicted octanol–water partition coefficient (Wildman–Crippen LogP) is 3.06. The monoisotopic (exact) mass is 243 g/mol. The number of rotatable bonds is 5. The zero-order valence-electron chi connectivity index (χ0n) is 11.4. The molecule has 0 spiro atoms. The maximum Gasteiger partial charge on any atom is 0.122 e. The molecule has 0 aliphatic carbocycles. The fraction of sp³-hybridized carbons (Fsp3) is 0.400. The minimum atomic E-state index is 0.340. The Morgan fingerprint density at radius 3 is 2.67 bits per heavy atom. The molecule has 0 saturated carbocycles. The Labute approximate surface area is 109 Å². The summed E-state index contributed by atoms with van der Waals surface area (Å²) in [5.41, 5.74) is 2.61. The molecule has 1 N–H and O–H groups in total. The Morgan fingerprint density at radius 2 is 2.00 bits per heavy atom. The van der Waals surface area contributed by atoms with Crippen LogP contribution in [0.5, 0.6) is 0 Å². The van der Waals surface area contributed by atoms with Gasteiger partial charge in [0.2, 0.25) is 0 Å². The fourth-order valence-electron chi connectivity index (χ4n) is 2.01. The molecule has 0 radical (unpaired) electrons. The van der Waals surface area contributed by atoms with Crippen LogP contribution in [0.25, 0.3) is 0 Å². The van der Waals surface area contributed by atoms with Gasteiger partial charge in [-0.1, -0.05) is 29.8 Å². The molecular formula is C15H21N3. The molecule has 1 aromatic heterocycles. The number of aryl methyl sites for hydroxylation is 2. The quantitative estimate of drug-likeness (QED) is 0.874. The topological polar surface area (TPSA) is 29.9 Å². The van der Waals surface area contributed by atoms with E-state index in [1.54, 1.807) is 0 Å². The van der Waals surface area contributed by atoms with Gasteiger partial charge in [-0.3, -0.25) is 0 Å². The SMILES string of the molecule is CCn1ccnc1CNC(C)c1ccc(C)cc1. The summed E-state index contributed by atoms with van der Waals surface area (Å²) in [6.45, 7) is 8.20. The Balaban J connectivity index is 1.96. The number of nitrogens with zero attached hydrogens (tertiary/aromatic N) is 2. The van der Waals surface area contributed by atoms with Gasteiger partial charge in [-0.15, -0.1) is 0 Å². The van der Waals surface area contributed by atoms with Crippen LogP contribution in [-0.2, 0) is 13.1 Å². The summed E-state index contributed by atoms with van der Waals surface area (Å²) in [6, 6.07) is 9.01. The summed E-state index contributed by atoms with van der Waals surface area (Å²) in [5.74, 6) is 1.09. The van der Waals surface area contributed by atoms with E-state index in [4.69, 9.17) is 0 Å². The van der Waals surface area contributed by atoms with Gasteiger partial charge < -0.3 is 9.88 Å². The van der Waals surface area contributed by atoms with E-state index in [0.29, 0.717) is 6.04 Å². The molecule has 1 atom stereocenters. The van der Waals surface area contributed by atoms with Crippen LogP contribution >= 0.6 is 0 Å². The highest BCUT2D eigenvalue weighted by atomic mass is 15.1. The van der Waals surface area contributed by atoms with Crippen LogP contribution < -0.4 is 5.32 Å². The van der Waals surface area contributed by atoms with E-state index in [-0.39, 0.29) is 0 Å². The molecule has 96 valence electrons. The van der Waals surface area contributed by atoms with Gasteiger partial charge in [-0.25, -0.2) is 4.98 Å². The number of benzene rings is 1. The molecule has 1 aromatic carbocycles. The van der Waals surface area contributed by atoms with Crippen LogP contribution in [-0.4, -0.2) is 9.55 Å². The average Bonchev–Trinajstić information content (AvgIpc) is 2.84. The second-order valence-corrected chi connectivity index (χ2v) is 4.64. The molecule has 3 heteroatoms. The van der Waals surface area contributed by atoms with Crippen LogP contribution in [0.1, 0.15) is 36.8 Å². The van der Waals surface area contributed by atoms with Gasteiger partial charge in [-0.05, 0) is 26.3 Å². The lowest BCUT2D eigenvalue weighted by molar-refractivity contribution is 0.540. The minimum absolute atomic E-state index is 0.340. The third-order valence-corrected chi connectivity index (χ3v) is 3.29. The number of aromatic nitrogens is 2. The number of imidazole rings is 1. The lowest BCUT2D eigenvalue weighted by Crippen LogP contribution is -2.20. The first-order valence-corrected chi connectivity index (χ1v) is 6.50. The van der Waals surface area contributed by atoms with Crippen LogP contribution in [0.3, 0.4) is 0 Å². The van der Waals surface area contributed by atoms with Gasteiger partial charge in [0.05, 0.1) is 6.54 Å². The van der Waals surface area contributed by atoms with Crippen molar-refractivity contribution in [1.29, 1.82) is 0 Å². The Hall–Kier alpha value is -1.61. The largest absolute Gasteiger partial charge is 0.334 e. The molecule has 0 aliphatic heterocycles. The van der Waals surface area contributed by atoms with Crippen molar-refractivity contribution in [1.82, 2.24) is 14.9 Å². The first-order valence-electron chi connectivity index (χ1n) is 6.50. The van der Waals surface area contributed by atoms with Gasteiger partial charge in [0.1, 0.15) is 5.82 Å². The molecule has 18 heavy (non-hydrogen) atoms. The van der Waals surface area contributed by atoms with Crippen molar-refractivity contribution in [3.05, 3.63) is 53.6 Å². The van der Waals surface area contributed by atoms with Crippen LogP contribution in [0.15, 0.2) is 36.7 Å². The summed E-state index contributed by atoms with van der Waals surface area (Å²) in [6.07, 6.45) is 3.88. The summed E-state index contributed by atoms with van der Waals surface area (Å²) >= 11 is 0. The van der Waals surface area contributed by atoms with Gasteiger partial charge in [0.15, 0.2) is 0 Å². The van der Waals surface area contributed by atoms with E-state index in [9.17, 15) is 0 Å². The Kier molecular flexibility index (Phi) is 4.15. The van der Waals surface area contributed by atoms with E-state index in [1.807, 2.05) is 12.4 Å². The molecule has 1 unspecified atom stereocenters. The van der Waals surface area contributed by atoms with Crippen molar-refractivity contribution >= 4 is 0 Å². The van der Waals surface area contributed by atoms with Crippen molar-refractivity contribution in [2.75, 3.05) is 0 Å². The first kappa shape index (κ1) is 12.8. The molecule has 2 aromatic rings. The van der Waals surface area contributed by atoms with Gasteiger partial charge in [0.25, 0.3) is 0 Å². The fourth-order valence-corrected chi connectivity index (χ4v) is 2.01. The zero-order chi connectivity index (χ0) is 13.0. The van der Waals surface area contributed by atoms with Crippen molar-refractivity contribution < 1.29 is 0 Å². The highest BCUT2D eigenvalue weighted by Crippen LogP contribution is 2.13. The summed E-state index contributed by atoms with van der Waals surface area (Å²) < 4.78 is 2.16. The third-order valence-electron chi connectivity index (χ3n) is 3.29. The Bertz CT molecular complexity index is 485. The lowest BCUT2D eigenvalue weighted by Gasteiger charge is -2.14. The molecule has 0 aliphatic rings. The summed E-state index contributed by atoms with van der Waals surface area (Å²) in [7, 11) is 0. The summed E-state index contributed by atoms with van der Waals surface area (Å²) in [5, 5.41) is 3.51. The molecule has 3 nitrogen and oxygen atoms in total. The second kappa shape index (κ2) is 5.83. The van der Waals surface area contributed by atoms with Crippen molar-refractivity contribution in [2.24, 2.45) is 0 Å². The van der Waals surface area contributed by atoms with Crippen LogP contribution in [0.4, 0.5) is 0 Å². The average molecular weight is 243 g/mol. The van der Waals surface area contributed by atoms with E-state index >= 15 is 0 Å². The molecular weight excluding hydrogens is 222 g/mol. The van der Waals surface area contributed by atoms with Crippen molar-refractivity contribution in [2.45, 2.75) is 39.9 Å². The first-order chi connectivity index (χ1) is 8.70. The molecule has 2 rings (SSSR count). The maximum atomic E-state index is 4.37. The van der Waals surface area contributed by atoms with Gasteiger partial charge in [-0.2, -0.15) is 0 Å². The van der Waals surface area contributed by atoms with Crippen LogP contribution in [0, 0.1) is 6.92 Å². The van der Waals surface area contributed by atoms with E-state index in [0.717, 1.165) is 18.9 Å². The third kappa shape index (κ3) is 2.99. The number of hydrogen-bond acceptors (Lipinski definition) is 2. The molecule has 0 amide bonds. The number of nitrogens with one attached hydrogen (secondary N) is 1. The minimum Gasteiger partial charge on any atom is -0.334 e. The number of hydrogen-bond donors (Lipinski definition) is 1. The van der Waals surface area contributed by atoms with E-state index in [2.05, 4.69) is 59.9 Å². The van der Waals surface area contributed by atoms with E-state index in [1.165, 1.54) is 11.1 Å². The molecule has 0 fully saturated rings.